The van der Waals surface area contributed by atoms with Gasteiger partial charge in [0.05, 0.1) is 0 Å². The second-order valence-electron chi connectivity index (χ2n) is 9.19. The van der Waals surface area contributed by atoms with Gasteiger partial charge in [0.25, 0.3) is 0 Å². The van der Waals surface area contributed by atoms with Crippen molar-refractivity contribution >= 4 is 26.4 Å². The molecule has 0 nitrogen and oxygen atoms in total. The van der Waals surface area contributed by atoms with Crippen molar-refractivity contribution in [2.75, 3.05) is 0 Å². The molecule has 0 spiro atoms. The van der Waals surface area contributed by atoms with Gasteiger partial charge in [0.1, 0.15) is 0 Å². The Bertz CT molecular complexity index is 973. The Balaban J connectivity index is 0.000000197. The van der Waals surface area contributed by atoms with E-state index < -0.39 is 0 Å². The summed E-state index contributed by atoms with van der Waals surface area (Å²) >= 11 is 1.75. The predicted octanol–water partition coefficient (Wildman–Crippen LogP) is 8.10. The minimum absolute atomic E-state index is 0.739. The number of rotatable bonds is 4. The quantitative estimate of drug-likeness (QED) is 0.226. The molecule has 0 bridgehead atoms. The van der Waals surface area contributed by atoms with Crippen molar-refractivity contribution in [3.8, 4) is 0 Å². The zero-order valence-corrected chi connectivity index (χ0v) is 21.1. The Morgan fingerprint density at radius 2 is 1.03 bits per heavy atom. The van der Waals surface area contributed by atoms with Gasteiger partial charge in [0, 0.05) is 0 Å². The van der Waals surface area contributed by atoms with Crippen LogP contribution in [-0.2, 0) is 32.8 Å². The molecule has 0 atom stereocenters. The molecule has 0 heterocycles. The van der Waals surface area contributed by atoms with Crippen molar-refractivity contribution in [3.63, 3.8) is 0 Å². The van der Waals surface area contributed by atoms with Crippen LogP contribution in [0, 0.1) is 25.7 Å². The topological polar surface area (TPSA) is 0 Å². The van der Waals surface area contributed by atoms with Crippen molar-refractivity contribution in [1.29, 1.82) is 0 Å². The summed E-state index contributed by atoms with van der Waals surface area (Å²) in [5.74, 6) is 1.48. The fourth-order valence-electron chi connectivity index (χ4n) is 4.02. The third-order valence-electron chi connectivity index (χ3n) is 5.12. The first-order chi connectivity index (χ1) is 14.3. The molecule has 0 aliphatic rings. The van der Waals surface area contributed by atoms with Gasteiger partial charge in [-0.25, -0.2) is 0 Å². The molecule has 0 aliphatic carbocycles. The average molecular weight is 432 g/mol. The molecule has 0 unspecified atom stereocenters. The summed E-state index contributed by atoms with van der Waals surface area (Å²) < 4.78 is 0. The molecule has 4 aromatic rings. The number of aryl methyl sites for hydroxylation is 2. The standard InChI is InChI=1S/2C14H17.CH2.Ti/c2*1-10(2)6-12-4-5-13-7-11(3)8-14(13)9-12;;/h2*4-5,7-10H,6H2,1-3H3;1H2;/q2*-1;;+2. The van der Waals surface area contributed by atoms with E-state index in [0.717, 1.165) is 11.8 Å². The summed E-state index contributed by atoms with van der Waals surface area (Å²) in [5.41, 5.74) is 5.64. The van der Waals surface area contributed by atoms with E-state index in [0.29, 0.717) is 0 Å². The Hall–Kier alpha value is -1.76. The van der Waals surface area contributed by atoms with Gasteiger partial charge in [0.15, 0.2) is 0 Å². The molecule has 0 aromatic heterocycles. The van der Waals surface area contributed by atoms with Crippen molar-refractivity contribution < 1.29 is 20.0 Å². The van der Waals surface area contributed by atoms with Gasteiger partial charge in [-0.3, -0.25) is 0 Å². The van der Waals surface area contributed by atoms with E-state index in [1.165, 1.54) is 56.6 Å². The summed E-state index contributed by atoms with van der Waals surface area (Å²) in [6.45, 7) is 13.4. The van der Waals surface area contributed by atoms with Gasteiger partial charge in [-0.1, -0.05) is 52.7 Å². The maximum absolute atomic E-state index is 3.25. The summed E-state index contributed by atoms with van der Waals surface area (Å²) in [6.07, 6.45) is 2.36. The molecular weight excluding hydrogens is 396 g/mol. The van der Waals surface area contributed by atoms with Gasteiger partial charge in [0.2, 0.25) is 0 Å². The molecule has 156 valence electrons. The number of hydrogen-bond acceptors (Lipinski definition) is 0. The Morgan fingerprint density at radius 3 is 1.37 bits per heavy atom. The van der Waals surface area contributed by atoms with E-state index in [-0.39, 0.29) is 0 Å². The fourth-order valence-corrected chi connectivity index (χ4v) is 4.02. The van der Waals surface area contributed by atoms with Crippen molar-refractivity contribution in [2.45, 2.75) is 54.4 Å². The first-order valence-corrected chi connectivity index (χ1v) is 12.1. The number of hydrogen-bond donors (Lipinski definition) is 0. The molecule has 4 rings (SSSR count). The van der Waals surface area contributed by atoms with Crippen LogP contribution < -0.4 is 0 Å². The zero-order valence-electron chi connectivity index (χ0n) is 19.5. The Labute approximate surface area is 195 Å². The number of benzene rings is 2. The van der Waals surface area contributed by atoms with Crippen molar-refractivity contribution in [2.24, 2.45) is 11.8 Å². The summed E-state index contributed by atoms with van der Waals surface area (Å²) in [4.78, 5) is 3.25. The second-order valence-corrected chi connectivity index (χ2v) is 9.19. The van der Waals surface area contributed by atoms with Crippen molar-refractivity contribution in [3.05, 3.63) is 82.9 Å². The van der Waals surface area contributed by atoms with E-state index in [2.05, 4.69) is 107 Å². The van der Waals surface area contributed by atoms with Gasteiger partial charge in [-0.15, -0.1) is 81.2 Å². The SMILES string of the molecule is Cc1cc2cc(CC(C)C)ccc2[cH-]1.Cc1cc2cc(CC(C)C)ccc2[cH-]1.[CH2]=[Ti+2]. The average Bonchev–Trinajstić information content (AvgIpc) is 3.22. The molecule has 0 N–H and O–H groups in total. The summed E-state index contributed by atoms with van der Waals surface area (Å²) in [7, 11) is 0. The summed E-state index contributed by atoms with van der Waals surface area (Å²) in [5, 5.41) is 5.52. The zero-order chi connectivity index (χ0) is 22.3. The monoisotopic (exact) mass is 432 g/mol. The van der Waals surface area contributed by atoms with Crippen LogP contribution in [0.25, 0.3) is 21.5 Å². The summed E-state index contributed by atoms with van der Waals surface area (Å²) in [6, 6.07) is 22.6. The molecule has 0 saturated heterocycles. The molecule has 1 heteroatoms. The number of fused-ring (bicyclic) bond motifs is 2. The van der Waals surface area contributed by atoms with E-state index in [4.69, 9.17) is 0 Å². The van der Waals surface area contributed by atoms with Gasteiger partial charge in [-0.2, -0.15) is 12.1 Å². The van der Waals surface area contributed by atoms with Crippen LogP contribution in [0.3, 0.4) is 0 Å². The van der Waals surface area contributed by atoms with Crippen LogP contribution in [0.1, 0.15) is 49.9 Å². The van der Waals surface area contributed by atoms with Crippen LogP contribution in [0.15, 0.2) is 60.7 Å². The van der Waals surface area contributed by atoms with Gasteiger partial charge in [-0.05, 0) is 24.7 Å². The van der Waals surface area contributed by atoms with E-state index >= 15 is 0 Å². The van der Waals surface area contributed by atoms with E-state index in [1.54, 1.807) is 20.0 Å². The molecule has 0 amide bonds. The van der Waals surface area contributed by atoms with Crippen LogP contribution in [-0.4, -0.2) is 4.82 Å². The molecular formula is C29H36Ti. The second kappa shape index (κ2) is 11.6. The Morgan fingerprint density at radius 1 is 0.667 bits per heavy atom. The van der Waals surface area contributed by atoms with Gasteiger partial charge < -0.3 is 0 Å². The van der Waals surface area contributed by atoms with Gasteiger partial charge >= 0.3 is 24.8 Å². The molecule has 0 saturated carbocycles. The first kappa shape index (κ1) is 24.5. The van der Waals surface area contributed by atoms with Crippen LogP contribution in [0.4, 0.5) is 0 Å². The van der Waals surface area contributed by atoms with Crippen LogP contribution >= 0.6 is 0 Å². The minimum atomic E-state index is 0.739. The van der Waals surface area contributed by atoms with Crippen molar-refractivity contribution in [1.82, 2.24) is 0 Å². The third-order valence-corrected chi connectivity index (χ3v) is 5.12. The van der Waals surface area contributed by atoms with Crippen LogP contribution in [0.2, 0.25) is 0 Å². The molecule has 4 aromatic carbocycles. The third kappa shape index (κ3) is 7.19. The van der Waals surface area contributed by atoms with E-state index in [9.17, 15) is 0 Å². The van der Waals surface area contributed by atoms with E-state index in [1.807, 2.05) is 0 Å². The molecule has 0 fully saturated rings. The normalized spacial score (nSPS) is 10.9. The predicted molar refractivity (Wildman–Crippen MR) is 133 cm³/mol. The molecule has 0 radical (unpaired) electrons. The fraction of sp³-hybridized carbons (Fsp3) is 0.345. The maximum atomic E-state index is 3.25. The van der Waals surface area contributed by atoms with Crippen LogP contribution in [0.5, 0.6) is 0 Å². The molecule has 0 aliphatic heterocycles. The Kier molecular flexibility index (Phi) is 9.47. The molecule has 30 heavy (non-hydrogen) atoms. The first-order valence-electron chi connectivity index (χ1n) is 11.0.